The van der Waals surface area contributed by atoms with Crippen LogP contribution in [0.15, 0.2) is 12.1 Å². The van der Waals surface area contributed by atoms with E-state index in [0.717, 1.165) is 30.5 Å². The average Bonchev–Trinajstić information content (AvgIpc) is 2.59. The van der Waals surface area contributed by atoms with Gasteiger partial charge in [-0.2, -0.15) is 0 Å². The first kappa shape index (κ1) is 9.58. The van der Waals surface area contributed by atoms with Crippen LogP contribution in [0.3, 0.4) is 0 Å². The lowest BCUT2D eigenvalue weighted by Crippen LogP contribution is -2.15. The molecule has 0 spiro atoms. The molecule has 82 valence electrons. The van der Waals surface area contributed by atoms with Crippen molar-refractivity contribution in [1.82, 2.24) is 0 Å². The van der Waals surface area contributed by atoms with E-state index in [2.05, 4.69) is 5.32 Å². The van der Waals surface area contributed by atoms with E-state index in [1.165, 1.54) is 5.56 Å². The molecule has 1 N–H and O–H groups in total. The standard InChI is InChI=1S/C13H13NO2/c1-7(15)9-6-5-8-3-2-4-10-11(8)12(9)14-13(10)16/h5-6,10H,2-4H2,1H3,(H,14,16). The van der Waals surface area contributed by atoms with Gasteiger partial charge in [-0.3, -0.25) is 9.59 Å². The van der Waals surface area contributed by atoms with Crippen molar-refractivity contribution in [2.75, 3.05) is 5.32 Å². The van der Waals surface area contributed by atoms with Crippen LogP contribution in [0.5, 0.6) is 0 Å². The largest absolute Gasteiger partial charge is 0.325 e. The summed E-state index contributed by atoms with van der Waals surface area (Å²) < 4.78 is 0. The maximum absolute atomic E-state index is 11.8. The molecule has 1 aliphatic carbocycles. The van der Waals surface area contributed by atoms with Gasteiger partial charge in [0.2, 0.25) is 5.91 Å². The fourth-order valence-corrected chi connectivity index (χ4v) is 2.82. The molecule has 3 rings (SSSR count). The molecule has 2 aliphatic rings. The maximum atomic E-state index is 11.8. The third kappa shape index (κ3) is 1.14. The molecular formula is C13H13NO2. The smallest absolute Gasteiger partial charge is 0.232 e. The molecule has 1 unspecified atom stereocenters. The number of Topliss-reactive ketones (excluding diaryl/α,β-unsaturated/α-hetero) is 1. The maximum Gasteiger partial charge on any atom is 0.232 e. The second-order valence-corrected chi connectivity index (χ2v) is 4.55. The van der Waals surface area contributed by atoms with Crippen molar-refractivity contribution in [1.29, 1.82) is 0 Å². The zero-order valence-corrected chi connectivity index (χ0v) is 9.17. The fraction of sp³-hybridized carbons (Fsp3) is 0.385. The monoisotopic (exact) mass is 215 g/mol. The average molecular weight is 215 g/mol. The molecule has 1 amide bonds. The normalized spacial score (nSPS) is 21.6. The highest BCUT2D eigenvalue weighted by Crippen LogP contribution is 2.43. The second kappa shape index (κ2) is 3.17. The lowest BCUT2D eigenvalue weighted by atomic mass is 9.82. The van der Waals surface area contributed by atoms with Crippen molar-refractivity contribution in [2.45, 2.75) is 32.1 Å². The lowest BCUT2D eigenvalue weighted by molar-refractivity contribution is -0.117. The fourth-order valence-electron chi connectivity index (χ4n) is 2.82. The number of ketones is 1. The van der Waals surface area contributed by atoms with Crippen molar-refractivity contribution in [3.63, 3.8) is 0 Å². The minimum absolute atomic E-state index is 0.0157. The Balaban J connectivity index is 2.26. The van der Waals surface area contributed by atoms with Crippen molar-refractivity contribution in [3.05, 3.63) is 28.8 Å². The first-order valence-corrected chi connectivity index (χ1v) is 5.66. The van der Waals surface area contributed by atoms with E-state index in [4.69, 9.17) is 0 Å². The Morgan fingerprint density at radius 1 is 1.44 bits per heavy atom. The van der Waals surface area contributed by atoms with E-state index in [1.807, 2.05) is 12.1 Å². The predicted octanol–water partition coefficient (Wildman–Crippen LogP) is 2.26. The lowest BCUT2D eigenvalue weighted by Gasteiger charge is -2.19. The Kier molecular flexibility index (Phi) is 1.90. The van der Waals surface area contributed by atoms with Crippen LogP contribution in [-0.4, -0.2) is 11.7 Å². The molecule has 1 aromatic rings. The van der Waals surface area contributed by atoms with Gasteiger partial charge in [-0.25, -0.2) is 0 Å². The van der Waals surface area contributed by atoms with Gasteiger partial charge >= 0.3 is 0 Å². The van der Waals surface area contributed by atoms with Gasteiger partial charge < -0.3 is 5.32 Å². The minimum atomic E-state index is -0.0157. The Bertz CT molecular complexity index is 505. The molecule has 3 nitrogen and oxygen atoms in total. The summed E-state index contributed by atoms with van der Waals surface area (Å²) in [6.07, 6.45) is 2.99. The third-order valence-corrected chi connectivity index (χ3v) is 3.57. The number of anilines is 1. The zero-order chi connectivity index (χ0) is 11.3. The van der Waals surface area contributed by atoms with Crippen LogP contribution in [0.1, 0.15) is 47.2 Å². The van der Waals surface area contributed by atoms with Crippen LogP contribution in [0.4, 0.5) is 5.69 Å². The SMILES string of the molecule is CC(=O)c1ccc2c3c1NC(=O)C3CCC2. The van der Waals surface area contributed by atoms with Crippen LogP contribution < -0.4 is 5.32 Å². The topological polar surface area (TPSA) is 46.2 Å². The van der Waals surface area contributed by atoms with E-state index in [-0.39, 0.29) is 17.6 Å². The number of rotatable bonds is 1. The van der Waals surface area contributed by atoms with E-state index in [0.29, 0.717) is 5.56 Å². The molecule has 1 atom stereocenters. The van der Waals surface area contributed by atoms with Gasteiger partial charge in [0.25, 0.3) is 0 Å². The molecule has 1 aromatic carbocycles. The number of hydrogen-bond acceptors (Lipinski definition) is 2. The number of nitrogens with one attached hydrogen (secondary N) is 1. The van der Waals surface area contributed by atoms with Crippen LogP contribution in [-0.2, 0) is 11.2 Å². The summed E-state index contributed by atoms with van der Waals surface area (Å²) in [5.74, 6) is 0.0621. The summed E-state index contributed by atoms with van der Waals surface area (Å²) in [6.45, 7) is 1.54. The Morgan fingerprint density at radius 2 is 2.25 bits per heavy atom. The van der Waals surface area contributed by atoms with Gasteiger partial charge in [0, 0.05) is 5.56 Å². The highest BCUT2D eigenvalue weighted by molar-refractivity contribution is 6.11. The van der Waals surface area contributed by atoms with Crippen molar-refractivity contribution in [3.8, 4) is 0 Å². The Morgan fingerprint density at radius 3 is 3.00 bits per heavy atom. The molecule has 3 heteroatoms. The second-order valence-electron chi connectivity index (χ2n) is 4.55. The van der Waals surface area contributed by atoms with E-state index >= 15 is 0 Å². The molecular weight excluding hydrogens is 202 g/mol. The summed E-state index contributed by atoms with van der Waals surface area (Å²) in [5, 5.41) is 2.87. The first-order chi connectivity index (χ1) is 7.68. The Labute approximate surface area is 93.8 Å². The molecule has 0 saturated heterocycles. The van der Waals surface area contributed by atoms with Crippen LogP contribution >= 0.6 is 0 Å². The summed E-state index contributed by atoms with van der Waals surface area (Å²) in [5.41, 5.74) is 3.75. The van der Waals surface area contributed by atoms with Gasteiger partial charge in [0.15, 0.2) is 5.78 Å². The van der Waals surface area contributed by atoms with Gasteiger partial charge in [0.1, 0.15) is 0 Å². The van der Waals surface area contributed by atoms with E-state index < -0.39 is 0 Å². The van der Waals surface area contributed by atoms with Gasteiger partial charge in [-0.15, -0.1) is 0 Å². The minimum Gasteiger partial charge on any atom is -0.325 e. The van der Waals surface area contributed by atoms with Gasteiger partial charge in [-0.05, 0) is 43.4 Å². The predicted molar refractivity (Wildman–Crippen MR) is 60.8 cm³/mol. The number of aryl methyl sites for hydroxylation is 1. The molecule has 0 aromatic heterocycles. The molecule has 1 aliphatic heterocycles. The third-order valence-electron chi connectivity index (χ3n) is 3.57. The number of carbonyl (C=O) groups excluding carboxylic acids is 2. The molecule has 0 saturated carbocycles. The number of hydrogen-bond donors (Lipinski definition) is 1. The first-order valence-electron chi connectivity index (χ1n) is 5.66. The summed E-state index contributed by atoms with van der Waals surface area (Å²) in [7, 11) is 0. The Hall–Kier alpha value is -1.64. The molecule has 0 bridgehead atoms. The number of amides is 1. The van der Waals surface area contributed by atoms with Crippen molar-refractivity contribution < 1.29 is 9.59 Å². The summed E-state index contributed by atoms with van der Waals surface area (Å²) >= 11 is 0. The van der Waals surface area contributed by atoms with E-state index in [9.17, 15) is 9.59 Å². The highest BCUT2D eigenvalue weighted by atomic mass is 16.2. The van der Waals surface area contributed by atoms with Crippen LogP contribution in [0.2, 0.25) is 0 Å². The molecule has 0 fully saturated rings. The molecule has 1 heterocycles. The van der Waals surface area contributed by atoms with Gasteiger partial charge in [-0.1, -0.05) is 6.07 Å². The van der Waals surface area contributed by atoms with Crippen LogP contribution in [0.25, 0.3) is 0 Å². The quantitative estimate of drug-likeness (QED) is 0.730. The summed E-state index contributed by atoms with van der Waals surface area (Å²) in [6, 6.07) is 3.84. The highest BCUT2D eigenvalue weighted by Gasteiger charge is 2.36. The van der Waals surface area contributed by atoms with Crippen LogP contribution in [0, 0.1) is 0 Å². The van der Waals surface area contributed by atoms with E-state index in [1.54, 1.807) is 6.92 Å². The number of benzene rings is 1. The zero-order valence-electron chi connectivity index (χ0n) is 9.17. The molecule has 0 radical (unpaired) electrons. The number of carbonyl (C=O) groups is 2. The van der Waals surface area contributed by atoms with Crippen molar-refractivity contribution in [2.24, 2.45) is 0 Å². The summed E-state index contributed by atoms with van der Waals surface area (Å²) in [4.78, 5) is 23.3. The van der Waals surface area contributed by atoms with Gasteiger partial charge in [0.05, 0.1) is 11.6 Å². The van der Waals surface area contributed by atoms with Crippen molar-refractivity contribution >= 4 is 17.4 Å². The molecule has 16 heavy (non-hydrogen) atoms.